The Labute approximate surface area is 199 Å². The molecule has 1 aliphatic rings. The summed E-state index contributed by atoms with van der Waals surface area (Å²) >= 11 is 0. The fourth-order valence-corrected chi connectivity index (χ4v) is 4.18. The zero-order valence-corrected chi connectivity index (χ0v) is 19.8. The van der Waals surface area contributed by atoms with E-state index in [1.807, 2.05) is 0 Å². The van der Waals surface area contributed by atoms with Crippen LogP contribution in [0.4, 0.5) is 0 Å². The second-order valence-corrected chi connectivity index (χ2v) is 8.47. The summed E-state index contributed by atoms with van der Waals surface area (Å²) in [6, 6.07) is 21.3. The molecule has 0 unspecified atom stereocenters. The molecule has 0 bridgehead atoms. The standard InChI is InChI=1S/C28H39NO4/c1-2-30-19-20-31-21-22-33-28-15-13-27(14-16-28)32-18-17-29(23-25-9-5-3-6-10-25)24-26-11-7-4-8-12-26/h2-12,27-28H,1,13-24H2/t27-,28-. The number of nitrogens with zero attached hydrogens (tertiary/aromatic N) is 1. The average molecular weight is 454 g/mol. The molecular formula is C28H39NO4. The number of hydrogen-bond acceptors (Lipinski definition) is 5. The first-order valence-electron chi connectivity index (χ1n) is 12.2. The van der Waals surface area contributed by atoms with Crippen LogP contribution in [0.15, 0.2) is 73.5 Å². The van der Waals surface area contributed by atoms with Crippen molar-refractivity contribution in [2.45, 2.75) is 51.0 Å². The minimum absolute atomic E-state index is 0.325. The number of benzene rings is 2. The smallest absolute Gasteiger partial charge is 0.111 e. The summed E-state index contributed by atoms with van der Waals surface area (Å²) < 4.78 is 22.7. The van der Waals surface area contributed by atoms with Crippen LogP contribution >= 0.6 is 0 Å². The number of hydrogen-bond donors (Lipinski definition) is 0. The molecule has 0 amide bonds. The third-order valence-electron chi connectivity index (χ3n) is 5.92. The van der Waals surface area contributed by atoms with Gasteiger partial charge in [0.25, 0.3) is 0 Å². The van der Waals surface area contributed by atoms with E-state index in [4.69, 9.17) is 18.9 Å². The maximum absolute atomic E-state index is 6.27. The van der Waals surface area contributed by atoms with Crippen molar-refractivity contribution < 1.29 is 18.9 Å². The zero-order chi connectivity index (χ0) is 23.0. The van der Waals surface area contributed by atoms with Gasteiger partial charge in [-0.25, -0.2) is 0 Å². The van der Waals surface area contributed by atoms with E-state index in [1.54, 1.807) is 0 Å². The molecule has 5 heteroatoms. The van der Waals surface area contributed by atoms with Crippen LogP contribution in [-0.2, 0) is 32.0 Å². The van der Waals surface area contributed by atoms with Crippen molar-refractivity contribution in [1.82, 2.24) is 4.90 Å². The van der Waals surface area contributed by atoms with E-state index in [9.17, 15) is 0 Å². The highest BCUT2D eigenvalue weighted by atomic mass is 16.5. The van der Waals surface area contributed by atoms with Gasteiger partial charge in [-0.3, -0.25) is 4.90 Å². The summed E-state index contributed by atoms with van der Waals surface area (Å²) in [4.78, 5) is 2.47. The van der Waals surface area contributed by atoms with Crippen LogP contribution < -0.4 is 0 Å². The first kappa shape index (κ1) is 25.4. The number of ether oxygens (including phenoxy) is 4. The van der Waals surface area contributed by atoms with Crippen LogP contribution in [0.1, 0.15) is 36.8 Å². The molecule has 0 atom stereocenters. The Morgan fingerprint density at radius 3 is 1.76 bits per heavy atom. The van der Waals surface area contributed by atoms with Crippen LogP contribution in [0.2, 0.25) is 0 Å². The summed E-state index contributed by atoms with van der Waals surface area (Å²) in [6.07, 6.45) is 6.35. The first-order chi connectivity index (χ1) is 16.3. The second-order valence-electron chi connectivity index (χ2n) is 8.47. The third kappa shape index (κ3) is 10.5. The van der Waals surface area contributed by atoms with E-state index in [2.05, 4.69) is 72.1 Å². The van der Waals surface area contributed by atoms with Crippen molar-refractivity contribution in [2.75, 3.05) is 39.6 Å². The van der Waals surface area contributed by atoms with Crippen LogP contribution in [-0.4, -0.2) is 56.7 Å². The summed E-state index contributed by atoms with van der Waals surface area (Å²) in [5.41, 5.74) is 2.67. The highest BCUT2D eigenvalue weighted by molar-refractivity contribution is 5.17. The lowest BCUT2D eigenvalue weighted by Crippen LogP contribution is -2.31. The summed E-state index contributed by atoms with van der Waals surface area (Å²) in [5.74, 6) is 0. The highest BCUT2D eigenvalue weighted by Gasteiger charge is 2.22. The van der Waals surface area contributed by atoms with Crippen LogP contribution in [0, 0.1) is 0 Å². The maximum atomic E-state index is 6.27. The van der Waals surface area contributed by atoms with Gasteiger partial charge in [0.15, 0.2) is 0 Å². The minimum atomic E-state index is 0.325. The Morgan fingerprint density at radius 1 is 0.697 bits per heavy atom. The molecule has 180 valence electrons. The van der Waals surface area contributed by atoms with E-state index in [1.165, 1.54) is 17.4 Å². The Balaban J connectivity index is 1.32. The Kier molecular flexibility index (Phi) is 12.0. The lowest BCUT2D eigenvalue weighted by molar-refractivity contribution is -0.0505. The van der Waals surface area contributed by atoms with Crippen molar-refractivity contribution in [3.05, 3.63) is 84.6 Å². The van der Waals surface area contributed by atoms with Gasteiger partial charge in [-0.1, -0.05) is 67.2 Å². The fraction of sp³-hybridized carbons (Fsp3) is 0.500. The van der Waals surface area contributed by atoms with Gasteiger partial charge in [-0.15, -0.1) is 0 Å². The average Bonchev–Trinajstić information content (AvgIpc) is 2.85. The molecule has 3 rings (SSSR count). The van der Waals surface area contributed by atoms with Gasteiger partial charge in [-0.2, -0.15) is 0 Å². The van der Waals surface area contributed by atoms with Gasteiger partial charge < -0.3 is 18.9 Å². The Hall–Kier alpha value is -2.18. The van der Waals surface area contributed by atoms with Crippen molar-refractivity contribution in [1.29, 1.82) is 0 Å². The molecule has 0 N–H and O–H groups in total. The number of rotatable bonds is 16. The van der Waals surface area contributed by atoms with Crippen molar-refractivity contribution >= 4 is 0 Å². The van der Waals surface area contributed by atoms with Gasteiger partial charge in [0.2, 0.25) is 0 Å². The lowest BCUT2D eigenvalue weighted by Gasteiger charge is -2.30. The normalized spacial score (nSPS) is 18.3. The van der Waals surface area contributed by atoms with Gasteiger partial charge in [0.1, 0.15) is 6.61 Å². The maximum Gasteiger partial charge on any atom is 0.111 e. The molecule has 0 heterocycles. The van der Waals surface area contributed by atoms with Crippen molar-refractivity contribution in [3.63, 3.8) is 0 Å². The molecular weight excluding hydrogens is 414 g/mol. The SMILES string of the molecule is C=COCCOCCO[C@H]1CC[C@H](OCCN(Cc2ccccc2)Cc2ccccc2)CC1. The topological polar surface area (TPSA) is 40.2 Å². The summed E-state index contributed by atoms with van der Waals surface area (Å²) in [6.45, 7) is 9.41. The molecule has 1 aliphatic carbocycles. The summed E-state index contributed by atoms with van der Waals surface area (Å²) in [5, 5.41) is 0. The second kappa shape index (κ2) is 15.6. The molecule has 0 saturated heterocycles. The molecule has 0 aromatic heterocycles. The van der Waals surface area contributed by atoms with Gasteiger partial charge in [0, 0.05) is 19.6 Å². The predicted octanol–water partition coefficient (Wildman–Crippen LogP) is 5.21. The Morgan fingerprint density at radius 2 is 1.21 bits per heavy atom. The lowest BCUT2D eigenvalue weighted by atomic mass is 9.95. The van der Waals surface area contributed by atoms with Gasteiger partial charge in [-0.05, 0) is 36.8 Å². The summed E-state index contributed by atoms with van der Waals surface area (Å²) in [7, 11) is 0. The van der Waals surface area contributed by atoms with E-state index in [-0.39, 0.29) is 0 Å². The van der Waals surface area contributed by atoms with Crippen LogP contribution in [0.25, 0.3) is 0 Å². The van der Waals surface area contributed by atoms with Crippen LogP contribution in [0.3, 0.4) is 0 Å². The molecule has 0 spiro atoms. The van der Waals surface area contributed by atoms with E-state index < -0.39 is 0 Å². The van der Waals surface area contributed by atoms with E-state index >= 15 is 0 Å². The molecule has 2 aromatic carbocycles. The zero-order valence-electron chi connectivity index (χ0n) is 19.8. The largest absolute Gasteiger partial charge is 0.499 e. The Bertz CT molecular complexity index is 706. The predicted molar refractivity (Wildman–Crippen MR) is 132 cm³/mol. The van der Waals surface area contributed by atoms with Crippen LogP contribution in [0.5, 0.6) is 0 Å². The molecule has 1 saturated carbocycles. The van der Waals surface area contributed by atoms with Crippen molar-refractivity contribution in [3.8, 4) is 0 Å². The monoisotopic (exact) mass is 453 g/mol. The molecule has 0 radical (unpaired) electrons. The first-order valence-corrected chi connectivity index (χ1v) is 12.2. The third-order valence-corrected chi connectivity index (χ3v) is 5.92. The highest BCUT2D eigenvalue weighted by Crippen LogP contribution is 2.23. The molecule has 2 aromatic rings. The molecule has 0 aliphatic heterocycles. The quantitative estimate of drug-likeness (QED) is 0.258. The van der Waals surface area contributed by atoms with Gasteiger partial charge >= 0.3 is 0 Å². The fourth-order valence-electron chi connectivity index (χ4n) is 4.18. The molecule has 1 fully saturated rings. The van der Waals surface area contributed by atoms with Gasteiger partial charge in [0.05, 0.1) is 44.9 Å². The molecule has 33 heavy (non-hydrogen) atoms. The van der Waals surface area contributed by atoms with E-state index in [0.717, 1.165) is 51.9 Å². The molecule has 5 nitrogen and oxygen atoms in total. The van der Waals surface area contributed by atoms with E-state index in [0.29, 0.717) is 38.6 Å². The minimum Gasteiger partial charge on any atom is -0.499 e. The van der Waals surface area contributed by atoms with Crippen molar-refractivity contribution in [2.24, 2.45) is 0 Å².